The molecule has 0 aromatic heterocycles. The van der Waals surface area contributed by atoms with Gasteiger partial charge in [0.25, 0.3) is 0 Å². The number of halogens is 1. The predicted molar refractivity (Wildman–Crippen MR) is 75.2 cm³/mol. The maximum atomic E-state index is 2.55. The van der Waals surface area contributed by atoms with Crippen molar-refractivity contribution in [3.05, 3.63) is 54.1 Å². The lowest BCUT2D eigenvalue weighted by molar-refractivity contribution is 0.722. The second-order valence-electron chi connectivity index (χ2n) is 3.95. The third-order valence-electron chi connectivity index (χ3n) is 2.92. The molecule has 1 atom stereocenters. The molecule has 1 aromatic rings. The van der Waals surface area contributed by atoms with E-state index in [9.17, 15) is 0 Å². The van der Waals surface area contributed by atoms with Crippen molar-refractivity contribution in [2.45, 2.75) is 23.2 Å². The van der Waals surface area contributed by atoms with Crippen molar-refractivity contribution < 1.29 is 0 Å². The molecule has 0 saturated carbocycles. The van der Waals surface area contributed by atoms with E-state index in [1.807, 2.05) is 0 Å². The molecule has 0 bridgehead atoms. The van der Waals surface area contributed by atoms with E-state index in [2.05, 4.69) is 78.1 Å². The zero-order valence-electron chi connectivity index (χ0n) is 8.91. The summed E-state index contributed by atoms with van der Waals surface area (Å²) >= 11 is 2.55. The molecule has 0 spiro atoms. The first kappa shape index (κ1) is 10.9. The van der Waals surface area contributed by atoms with Crippen molar-refractivity contribution in [2.24, 2.45) is 0 Å². The molecule has 2 rings (SSSR count). The topological polar surface area (TPSA) is 0 Å². The molecule has 0 nitrogen and oxygen atoms in total. The van der Waals surface area contributed by atoms with Crippen molar-refractivity contribution in [2.75, 3.05) is 0 Å². The molecule has 0 amide bonds. The van der Waals surface area contributed by atoms with Crippen LogP contribution in [0.4, 0.5) is 0 Å². The summed E-state index contributed by atoms with van der Waals surface area (Å²) in [7, 11) is 0. The molecule has 0 heterocycles. The highest BCUT2D eigenvalue weighted by molar-refractivity contribution is 14.1. The van der Waals surface area contributed by atoms with E-state index >= 15 is 0 Å². The predicted octanol–water partition coefficient (Wildman–Crippen LogP) is 4.61. The lowest BCUT2D eigenvalue weighted by Crippen LogP contribution is -2.16. The quantitative estimate of drug-likeness (QED) is 0.552. The number of alkyl halides is 1. The summed E-state index contributed by atoms with van der Waals surface area (Å²) in [4.78, 5) is 0. The number of benzene rings is 1. The van der Waals surface area contributed by atoms with Gasteiger partial charge in [-0.1, -0.05) is 78.1 Å². The van der Waals surface area contributed by atoms with Crippen LogP contribution in [0.3, 0.4) is 0 Å². The highest BCUT2D eigenvalue weighted by atomic mass is 127. The summed E-state index contributed by atoms with van der Waals surface area (Å²) in [6.07, 6.45) is 9.29. The van der Waals surface area contributed by atoms with Crippen molar-refractivity contribution in [1.82, 2.24) is 0 Å². The number of hydrogen-bond donors (Lipinski definition) is 0. The van der Waals surface area contributed by atoms with Crippen LogP contribution in [0.2, 0.25) is 0 Å². The SMILES string of the molecule is CCC1(I)C=CC(c2ccccc2)=CC1. The number of rotatable bonds is 2. The Balaban J connectivity index is 2.20. The van der Waals surface area contributed by atoms with Crippen LogP contribution in [-0.2, 0) is 0 Å². The highest BCUT2D eigenvalue weighted by Gasteiger charge is 2.22. The molecule has 1 unspecified atom stereocenters. The van der Waals surface area contributed by atoms with Crippen molar-refractivity contribution in [3.8, 4) is 0 Å². The smallest absolute Gasteiger partial charge is 0.0436 e. The van der Waals surface area contributed by atoms with E-state index in [1.165, 1.54) is 17.6 Å². The first-order chi connectivity index (χ1) is 7.23. The summed E-state index contributed by atoms with van der Waals surface area (Å²) in [6, 6.07) is 10.6. The van der Waals surface area contributed by atoms with Gasteiger partial charge < -0.3 is 0 Å². The molecule has 0 saturated heterocycles. The Morgan fingerprint density at radius 2 is 2.00 bits per heavy atom. The fraction of sp³-hybridized carbons (Fsp3) is 0.286. The van der Waals surface area contributed by atoms with Gasteiger partial charge in [0.2, 0.25) is 0 Å². The second kappa shape index (κ2) is 4.52. The average molecular weight is 310 g/mol. The van der Waals surface area contributed by atoms with Gasteiger partial charge in [0.05, 0.1) is 0 Å². The van der Waals surface area contributed by atoms with Crippen LogP contribution < -0.4 is 0 Å². The summed E-state index contributed by atoms with van der Waals surface area (Å²) in [5.74, 6) is 0. The summed E-state index contributed by atoms with van der Waals surface area (Å²) in [5, 5.41) is 0. The van der Waals surface area contributed by atoms with E-state index in [4.69, 9.17) is 0 Å². The van der Waals surface area contributed by atoms with Crippen molar-refractivity contribution in [1.29, 1.82) is 0 Å². The molecule has 1 aromatic carbocycles. The molecule has 0 aliphatic heterocycles. The second-order valence-corrected chi connectivity index (χ2v) is 6.10. The summed E-state index contributed by atoms with van der Waals surface area (Å²) < 4.78 is 0.343. The minimum Gasteiger partial charge on any atom is -0.0750 e. The average Bonchev–Trinajstić information content (AvgIpc) is 2.31. The standard InChI is InChI=1S/C14H15I/c1-2-14(15)10-8-13(9-11-14)12-6-4-3-5-7-12/h3-10H,2,11H2,1H3. The molecule has 78 valence electrons. The normalized spacial score (nSPS) is 25.1. The molecule has 1 aliphatic rings. The van der Waals surface area contributed by atoms with E-state index in [-0.39, 0.29) is 0 Å². The lowest BCUT2D eigenvalue weighted by Gasteiger charge is -2.24. The van der Waals surface area contributed by atoms with Crippen LogP contribution >= 0.6 is 22.6 Å². The summed E-state index contributed by atoms with van der Waals surface area (Å²) in [5.41, 5.74) is 2.68. The largest absolute Gasteiger partial charge is 0.0750 e. The molecule has 1 heteroatoms. The zero-order valence-corrected chi connectivity index (χ0v) is 11.1. The van der Waals surface area contributed by atoms with Gasteiger partial charge >= 0.3 is 0 Å². The van der Waals surface area contributed by atoms with Crippen LogP contribution in [0, 0.1) is 0 Å². The van der Waals surface area contributed by atoms with Crippen molar-refractivity contribution in [3.63, 3.8) is 0 Å². The minimum absolute atomic E-state index is 0.343. The highest BCUT2D eigenvalue weighted by Crippen LogP contribution is 2.35. The monoisotopic (exact) mass is 310 g/mol. The molecular formula is C14H15I. The van der Waals surface area contributed by atoms with Gasteiger partial charge in [-0.15, -0.1) is 0 Å². The van der Waals surface area contributed by atoms with Crippen LogP contribution in [0.25, 0.3) is 5.57 Å². The summed E-state index contributed by atoms with van der Waals surface area (Å²) in [6.45, 7) is 2.25. The van der Waals surface area contributed by atoms with Gasteiger partial charge in [0, 0.05) is 3.42 Å². The molecule has 0 N–H and O–H groups in total. The lowest BCUT2D eigenvalue weighted by atomic mass is 9.91. The van der Waals surface area contributed by atoms with Crippen molar-refractivity contribution >= 4 is 28.2 Å². The van der Waals surface area contributed by atoms with E-state index in [0.29, 0.717) is 3.42 Å². The Hall–Kier alpha value is -0.570. The first-order valence-electron chi connectivity index (χ1n) is 5.37. The molecule has 0 fully saturated rings. The van der Waals surface area contributed by atoms with Gasteiger partial charge in [-0.25, -0.2) is 0 Å². The fourth-order valence-electron chi connectivity index (χ4n) is 1.76. The molecule has 15 heavy (non-hydrogen) atoms. The van der Waals surface area contributed by atoms with E-state index in [1.54, 1.807) is 0 Å². The van der Waals surface area contributed by atoms with Crippen LogP contribution in [0.5, 0.6) is 0 Å². The van der Waals surface area contributed by atoms with Crippen LogP contribution in [0.1, 0.15) is 25.3 Å². The number of allylic oxidation sites excluding steroid dienone is 4. The minimum atomic E-state index is 0.343. The maximum Gasteiger partial charge on any atom is 0.0436 e. The van der Waals surface area contributed by atoms with Crippen LogP contribution in [-0.4, -0.2) is 3.42 Å². The Kier molecular flexibility index (Phi) is 3.29. The molecule has 1 aliphatic carbocycles. The maximum absolute atomic E-state index is 2.55. The zero-order chi connectivity index (χ0) is 10.7. The van der Waals surface area contributed by atoms with E-state index in [0.717, 1.165) is 6.42 Å². The third kappa shape index (κ3) is 2.51. The first-order valence-corrected chi connectivity index (χ1v) is 6.45. The Morgan fingerprint density at radius 1 is 1.27 bits per heavy atom. The fourth-order valence-corrected chi connectivity index (χ4v) is 2.16. The Morgan fingerprint density at radius 3 is 2.53 bits per heavy atom. The van der Waals surface area contributed by atoms with Gasteiger partial charge in [0.1, 0.15) is 0 Å². The van der Waals surface area contributed by atoms with Gasteiger partial charge in [0.15, 0.2) is 0 Å². The van der Waals surface area contributed by atoms with Gasteiger partial charge in [-0.2, -0.15) is 0 Å². The van der Waals surface area contributed by atoms with Crippen LogP contribution in [0.15, 0.2) is 48.6 Å². The molecular weight excluding hydrogens is 295 g/mol. The van der Waals surface area contributed by atoms with E-state index < -0.39 is 0 Å². The van der Waals surface area contributed by atoms with Gasteiger partial charge in [-0.3, -0.25) is 0 Å². The Bertz CT molecular complexity index is 389. The number of hydrogen-bond acceptors (Lipinski definition) is 0. The third-order valence-corrected chi connectivity index (χ3v) is 4.48. The Labute approximate surface area is 105 Å². The molecule has 0 radical (unpaired) electrons. The van der Waals surface area contributed by atoms with Gasteiger partial charge in [-0.05, 0) is 24.0 Å².